The van der Waals surface area contributed by atoms with Crippen molar-refractivity contribution in [1.82, 2.24) is 5.32 Å². The molecule has 1 heterocycles. The first-order valence-electron chi connectivity index (χ1n) is 8.42. The number of nitro groups is 2. The van der Waals surface area contributed by atoms with E-state index in [4.69, 9.17) is 5.11 Å². The summed E-state index contributed by atoms with van der Waals surface area (Å²) in [6.07, 6.45) is 2.43. The van der Waals surface area contributed by atoms with Crippen molar-refractivity contribution in [1.29, 1.82) is 0 Å². The summed E-state index contributed by atoms with van der Waals surface area (Å²) in [4.78, 5) is 31.7. The van der Waals surface area contributed by atoms with E-state index in [1.807, 2.05) is 0 Å². The van der Waals surface area contributed by atoms with E-state index < -0.39 is 21.8 Å². The fourth-order valence-electron chi connectivity index (χ4n) is 2.21. The molecule has 1 aliphatic rings. The van der Waals surface area contributed by atoms with Crippen molar-refractivity contribution in [2.75, 3.05) is 24.7 Å². The highest BCUT2D eigenvalue weighted by Crippen LogP contribution is 2.24. The Balaban J connectivity index is 0.000000387. The van der Waals surface area contributed by atoms with Gasteiger partial charge in [-0.3, -0.25) is 25.0 Å². The molecule has 0 fully saturated rings. The lowest BCUT2D eigenvalue weighted by atomic mass is 10.2. The van der Waals surface area contributed by atoms with Crippen LogP contribution in [-0.2, 0) is 4.79 Å². The second kappa shape index (κ2) is 10.9. The number of nitrogens with zero attached hydrogens (tertiary/aromatic N) is 4. The maximum Gasteiger partial charge on any atom is 0.331 e. The molecule has 0 aliphatic carbocycles. The van der Waals surface area contributed by atoms with Crippen molar-refractivity contribution in [3.8, 4) is 0 Å². The quantitative estimate of drug-likeness (QED) is 0.391. The van der Waals surface area contributed by atoms with Gasteiger partial charge in [0.2, 0.25) is 0 Å². The number of aliphatic hydroxyl groups is 1. The van der Waals surface area contributed by atoms with E-state index in [9.17, 15) is 25.0 Å². The number of hydrazone groups is 1. The van der Waals surface area contributed by atoms with Crippen molar-refractivity contribution < 1.29 is 19.7 Å². The predicted octanol–water partition coefficient (Wildman–Crippen LogP) is 1.33. The molecule has 11 nitrogen and oxygen atoms in total. The molecule has 1 atom stereocenters. The first kappa shape index (κ1) is 22.1. The zero-order valence-electron chi connectivity index (χ0n) is 15.2. The number of aliphatic hydroxyl groups excluding tert-OH is 1. The Morgan fingerprint density at radius 1 is 1.22 bits per heavy atom. The lowest BCUT2D eigenvalue weighted by Gasteiger charge is -2.10. The zero-order chi connectivity index (χ0) is 20.4. The summed E-state index contributed by atoms with van der Waals surface area (Å²) < 4.78 is 0. The lowest BCUT2D eigenvalue weighted by molar-refractivity contribution is -0.488. The first-order chi connectivity index (χ1) is 12.8. The molecule has 0 saturated carbocycles. The highest BCUT2D eigenvalue weighted by atomic mass is 16.6. The number of carbonyl (C=O) groups excluding carboxylic acids is 1. The Morgan fingerprint density at radius 3 is 2.30 bits per heavy atom. The number of nitro benzene ring substituents is 1. The largest absolute Gasteiger partial charge is 0.395 e. The number of carbonyl (C=O) groups is 1. The number of nitrogens with one attached hydrogen (secondary N) is 1. The molecule has 0 spiro atoms. The Labute approximate surface area is 156 Å². The minimum atomic E-state index is -1.49. The van der Waals surface area contributed by atoms with E-state index in [2.05, 4.69) is 17.3 Å². The smallest absolute Gasteiger partial charge is 0.331 e. The Bertz CT molecular complexity index is 685. The van der Waals surface area contributed by atoms with Crippen LogP contribution in [0.25, 0.3) is 0 Å². The van der Waals surface area contributed by atoms with Gasteiger partial charge in [-0.2, -0.15) is 10.1 Å². The number of rotatable bonds is 8. The Morgan fingerprint density at radius 2 is 1.85 bits per heavy atom. The van der Waals surface area contributed by atoms with Gasteiger partial charge in [0.05, 0.1) is 17.2 Å². The van der Waals surface area contributed by atoms with Gasteiger partial charge < -0.3 is 10.4 Å². The number of non-ortho nitro benzene ring substituents is 1. The molecule has 1 aliphatic heterocycles. The van der Waals surface area contributed by atoms with Gasteiger partial charge >= 0.3 is 11.9 Å². The number of amides is 1. The normalized spacial score (nSPS) is 15.8. The Kier molecular flexibility index (Phi) is 8.96. The SMILES string of the molecule is CC1=NN(c2ccc([N+](=O)[O-])cc2)C(=O)C1[N+](=O)[O-].CCCCNCCO. The molecule has 0 radical (unpaired) electrons. The van der Waals surface area contributed by atoms with Gasteiger partial charge in [0.25, 0.3) is 5.69 Å². The third kappa shape index (κ3) is 6.38. The average Bonchev–Trinajstić information content (AvgIpc) is 2.94. The molecule has 148 valence electrons. The first-order valence-corrected chi connectivity index (χ1v) is 8.42. The fourth-order valence-corrected chi connectivity index (χ4v) is 2.21. The molecule has 2 N–H and O–H groups in total. The van der Waals surface area contributed by atoms with E-state index in [1.165, 1.54) is 44.0 Å². The monoisotopic (exact) mass is 381 g/mol. The summed E-state index contributed by atoms with van der Waals surface area (Å²) >= 11 is 0. The summed E-state index contributed by atoms with van der Waals surface area (Å²) in [5.41, 5.74) is 0.189. The second-order valence-electron chi connectivity index (χ2n) is 5.68. The molecule has 0 bridgehead atoms. The highest BCUT2D eigenvalue weighted by molar-refractivity contribution is 6.16. The topological polar surface area (TPSA) is 151 Å². The number of hydrogen-bond acceptors (Lipinski definition) is 8. The second-order valence-corrected chi connectivity index (χ2v) is 5.68. The van der Waals surface area contributed by atoms with Crippen LogP contribution in [-0.4, -0.2) is 52.3 Å². The third-order valence-electron chi connectivity index (χ3n) is 3.61. The van der Waals surface area contributed by atoms with Gasteiger partial charge in [0.1, 0.15) is 5.71 Å². The van der Waals surface area contributed by atoms with Crippen LogP contribution in [0, 0.1) is 20.2 Å². The summed E-state index contributed by atoms with van der Waals surface area (Å²) in [7, 11) is 0. The predicted molar refractivity (Wildman–Crippen MR) is 99.3 cm³/mol. The van der Waals surface area contributed by atoms with Crippen molar-refractivity contribution in [3.63, 3.8) is 0 Å². The van der Waals surface area contributed by atoms with Gasteiger partial charge in [0.15, 0.2) is 0 Å². The van der Waals surface area contributed by atoms with Crippen LogP contribution < -0.4 is 10.3 Å². The third-order valence-corrected chi connectivity index (χ3v) is 3.61. The molecular formula is C16H23N5O6. The van der Waals surface area contributed by atoms with Crippen LogP contribution in [0.5, 0.6) is 0 Å². The van der Waals surface area contributed by atoms with E-state index in [1.54, 1.807) is 0 Å². The summed E-state index contributed by atoms with van der Waals surface area (Å²) in [6.45, 7) is 5.57. The van der Waals surface area contributed by atoms with Crippen molar-refractivity contribution in [2.24, 2.45) is 5.10 Å². The number of hydrogen-bond donors (Lipinski definition) is 2. The molecule has 0 aromatic heterocycles. The van der Waals surface area contributed by atoms with E-state index >= 15 is 0 Å². The molecule has 0 saturated heterocycles. The van der Waals surface area contributed by atoms with Gasteiger partial charge in [-0.1, -0.05) is 13.3 Å². The number of anilines is 1. The molecule has 1 unspecified atom stereocenters. The highest BCUT2D eigenvalue weighted by Gasteiger charge is 2.43. The van der Waals surface area contributed by atoms with Crippen LogP contribution >= 0.6 is 0 Å². The molecule has 2 rings (SSSR count). The minimum absolute atomic E-state index is 0.0772. The molecule has 27 heavy (non-hydrogen) atoms. The van der Waals surface area contributed by atoms with E-state index in [0.29, 0.717) is 0 Å². The van der Waals surface area contributed by atoms with Gasteiger partial charge in [0, 0.05) is 23.6 Å². The van der Waals surface area contributed by atoms with Crippen molar-refractivity contribution in [2.45, 2.75) is 32.7 Å². The molecule has 11 heteroatoms. The van der Waals surface area contributed by atoms with Gasteiger partial charge in [-0.15, -0.1) is 0 Å². The van der Waals surface area contributed by atoms with E-state index in [0.717, 1.165) is 18.1 Å². The fraction of sp³-hybridized carbons (Fsp3) is 0.500. The summed E-state index contributed by atoms with van der Waals surface area (Å²) in [5.74, 6) is -0.781. The number of benzene rings is 1. The zero-order valence-corrected chi connectivity index (χ0v) is 15.2. The van der Waals surface area contributed by atoms with E-state index in [-0.39, 0.29) is 23.7 Å². The summed E-state index contributed by atoms with van der Waals surface area (Å²) in [6, 6.07) is 3.54. The van der Waals surface area contributed by atoms with Crippen LogP contribution in [0.4, 0.5) is 11.4 Å². The summed E-state index contributed by atoms with van der Waals surface area (Å²) in [5, 5.41) is 37.3. The average molecular weight is 381 g/mol. The van der Waals surface area contributed by atoms with Crippen LogP contribution in [0.1, 0.15) is 26.7 Å². The standard InChI is InChI=1S/C10H8N4O5.C6H15NO/c1-6-9(14(18)19)10(15)12(11-6)7-2-4-8(5-3-7)13(16)17;1-2-3-4-7-5-6-8/h2-5,9H,1H3;7-8H,2-6H2,1H3. The maximum absolute atomic E-state index is 11.8. The molecular weight excluding hydrogens is 358 g/mol. The maximum atomic E-state index is 11.8. The molecule has 1 aromatic carbocycles. The van der Waals surface area contributed by atoms with Gasteiger partial charge in [-0.25, -0.2) is 0 Å². The van der Waals surface area contributed by atoms with Crippen molar-refractivity contribution in [3.05, 3.63) is 44.5 Å². The van der Waals surface area contributed by atoms with Crippen molar-refractivity contribution >= 4 is 23.0 Å². The minimum Gasteiger partial charge on any atom is -0.395 e. The lowest BCUT2D eigenvalue weighted by Crippen LogP contribution is -2.37. The number of unbranched alkanes of at least 4 members (excludes halogenated alkanes) is 1. The molecule has 1 amide bonds. The van der Waals surface area contributed by atoms with Crippen LogP contribution in [0.15, 0.2) is 29.4 Å². The van der Waals surface area contributed by atoms with Crippen LogP contribution in [0.2, 0.25) is 0 Å². The van der Waals surface area contributed by atoms with Crippen LogP contribution in [0.3, 0.4) is 0 Å². The molecule has 1 aromatic rings. The van der Waals surface area contributed by atoms with Gasteiger partial charge in [-0.05, 0) is 32.0 Å². The Hall–Kier alpha value is -2.92.